The number of hydrogen-bond donors (Lipinski definition) is 0. The molecule has 0 amide bonds. The molecule has 1 aromatic heterocycles. The van der Waals surface area contributed by atoms with Gasteiger partial charge in [-0.25, -0.2) is 0 Å². The molecule has 2 nitrogen and oxygen atoms in total. The molecular formula is C13H13NO. The van der Waals surface area contributed by atoms with E-state index in [2.05, 4.69) is 6.58 Å². The third kappa shape index (κ3) is 1.71. The second-order valence-corrected chi connectivity index (χ2v) is 3.80. The van der Waals surface area contributed by atoms with Crippen LogP contribution < -0.4 is 0 Å². The molecule has 0 unspecified atom stereocenters. The fraction of sp³-hybridized carbons (Fsp3) is 0.154. The number of para-hydroxylation sites is 1. The van der Waals surface area contributed by atoms with Gasteiger partial charge in [-0.3, -0.25) is 9.36 Å². The molecule has 0 aliphatic rings. The van der Waals surface area contributed by atoms with E-state index in [0.29, 0.717) is 0 Å². The van der Waals surface area contributed by atoms with Gasteiger partial charge in [0.15, 0.2) is 0 Å². The molecule has 0 aliphatic carbocycles. The molecule has 0 N–H and O–H groups in total. The van der Waals surface area contributed by atoms with Gasteiger partial charge in [0.2, 0.25) is 6.41 Å². The molecule has 0 fully saturated rings. The van der Waals surface area contributed by atoms with Crippen molar-refractivity contribution >= 4 is 17.3 Å². The zero-order valence-corrected chi connectivity index (χ0v) is 8.73. The topological polar surface area (TPSA) is 22.0 Å². The Hall–Kier alpha value is -1.83. The Balaban J connectivity index is 2.63. The SMILES string of the molecule is C=C(C)Cc1cc2ccccc2n1C=O. The summed E-state index contributed by atoms with van der Waals surface area (Å²) in [6.07, 6.45) is 1.61. The Bertz CT molecular complexity index is 522. The number of allylic oxidation sites excluding steroid dienone is 1. The van der Waals surface area contributed by atoms with E-state index in [-0.39, 0.29) is 0 Å². The van der Waals surface area contributed by atoms with Gasteiger partial charge in [0.1, 0.15) is 0 Å². The van der Waals surface area contributed by atoms with Crippen LogP contribution >= 0.6 is 0 Å². The van der Waals surface area contributed by atoms with Crippen molar-refractivity contribution in [2.24, 2.45) is 0 Å². The van der Waals surface area contributed by atoms with E-state index < -0.39 is 0 Å². The lowest BCUT2D eigenvalue weighted by molar-refractivity contribution is 0.547. The van der Waals surface area contributed by atoms with Crippen LogP contribution in [0.2, 0.25) is 0 Å². The number of nitrogens with zero attached hydrogens (tertiary/aromatic N) is 1. The second-order valence-electron chi connectivity index (χ2n) is 3.80. The van der Waals surface area contributed by atoms with Crippen molar-refractivity contribution in [1.29, 1.82) is 0 Å². The van der Waals surface area contributed by atoms with E-state index in [1.54, 1.807) is 4.57 Å². The predicted octanol–water partition coefficient (Wildman–Crippen LogP) is 2.80. The molecule has 2 rings (SSSR count). The largest absolute Gasteiger partial charge is 0.286 e. The fourth-order valence-electron chi connectivity index (χ4n) is 1.80. The van der Waals surface area contributed by atoms with Crippen LogP contribution in [0.15, 0.2) is 42.5 Å². The highest BCUT2D eigenvalue weighted by Crippen LogP contribution is 2.19. The first-order chi connectivity index (χ1) is 7.22. The molecule has 0 bridgehead atoms. The van der Waals surface area contributed by atoms with Crippen molar-refractivity contribution in [3.63, 3.8) is 0 Å². The maximum absolute atomic E-state index is 11.0. The second kappa shape index (κ2) is 3.73. The standard InChI is InChI=1S/C13H13NO/c1-10(2)7-12-8-11-5-3-4-6-13(11)14(12)9-15/h3-6,8-9H,1,7H2,2H3. The van der Waals surface area contributed by atoms with E-state index in [4.69, 9.17) is 0 Å². The molecule has 0 saturated heterocycles. The van der Waals surface area contributed by atoms with Crippen LogP contribution in [0.5, 0.6) is 0 Å². The van der Waals surface area contributed by atoms with Crippen LogP contribution in [-0.4, -0.2) is 11.0 Å². The summed E-state index contributed by atoms with van der Waals surface area (Å²) in [6, 6.07) is 9.91. The Morgan fingerprint density at radius 3 is 2.87 bits per heavy atom. The maximum atomic E-state index is 11.0. The molecule has 15 heavy (non-hydrogen) atoms. The molecule has 0 atom stereocenters. The summed E-state index contributed by atoms with van der Waals surface area (Å²) in [4.78, 5) is 11.0. The average Bonchev–Trinajstić information content (AvgIpc) is 2.53. The summed E-state index contributed by atoms with van der Waals surface area (Å²) >= 11 is 0. The normalized spacial score (nSPS) is 10.5. The fourth-order valence-corrected chi connectivity index (χ4v) is 1.80. The number of benzene rings is 1. The van der Waals surface area contributed by atoms with E-state index in [0.717, 1.165) is 35.0 Å². The summed E-state index contributed by atoms with van der Waals surface area (Å²) in [7, 11) is 0. The minimum Gasteiger partial charge on any atom is -0.286 e. The minimum absolute atomic E-state index is 0.743. The maximum Gasteiger partial charge on any atom is 0.218 e. The van der Waals surface area contributed by atoms with Crippen molar-refractivity contribution in [2.75, 3.05) is 0 Å². The number of fused-ring (bicyclic) bond motifs is 1. The lowest BCUT2D eigenvalue weighted by atomic mass is 10.2. The van der Waals surface area contributed by atoms with E-state index in [1.165, 1.54) is 0 Å². The van der Waals surface area contributed by atoms with E-state index >= 15 is 0 Å². The Labute approximate surface area is 88.8 Å². The van der Waals surface area contributed by atoms with Crippen molar-refractivity contribution in [2.45, 2.75) is 13.3 Å². The zero-order chi connectivity index (χ0) is 10.8. The summed E-state index contributed by atoms with van der Waals surface area (Å²) in [5, 5.41) is 1.10. The van der Waals surface area contributed by atoms with Gasteiger partial charge in [-0.2, -0.15) is 0 Å². The predicted molar refractivity (Wildman–Crippen MR) is 62.6 cm³/mol. The molecule has 76 valence electrons. The van der Waals surface area contributed by atoms with Gasteiger partial charge in [0, 0.05) is 17.5 Å². The van der Waals surface area contributed by atoms with Crippen molar-refractivity contribution in [3.05, 3.63) is 48.2 Å². The van der Waals surface area contributed by atoms with Gasteiger partial charge < -0.3 is 0 Å². The summed E-state index contributed by atoms with van der Waals surface area (Å²) < 4.78 is 1.68. The van der Waals surface area contributed by atoms with Crippen LogP contribution in [0.4, 0.5) is 0 Å². The van der Waals surface area contributed by atoms with Gasteiger partial charge in [-0.15, -0.1) is 0 Å². The number of carbonyl (C=O) groups excluding carboxylic acids is 1. The smallest absolute Gasteiger partial charge is 0.218 e. The highest BCUT2D eigenvalue weighted by Gasteiger charge is 2.06. The first-order valence-electron chi connectivity index (χ1n) is 4.91. The first-order valence-corrected chi connectivity index (χ1v) is 4.91. The van der Waals surface area contributed by atoms with Gasteiger partial charge in [-0.05, 0) is 19.1 Å². The minimum atomic E-state index is 0.743. The molecule has 0 saturated carbocycles. The molecule has 2 aromatic rings. The van der Waals surface area contributed by atoms with Gasteiger partial charge in [0.25, 0.3) is 0 Å². The number of rotatable bonds is 3. The Morgan fingerprint density at radius 1 is 1.47 bits per heavy atom. The highest BCUT2D eigenvalue weighted by molar-refractivity contribution is 5.86. The van der Waals surface area contributed by atoms with Crippen LogP contribution in [0, 0.1) is 0 Å². The molecular weight excluding hydrogens is 186 g/mol. The number of carbonyl (C=O) groups is 1. The summed E-state index contributed by atoms with van der Waals surface area (Å²) in [6.45, 7) is 5.83. The average molecular weight is 199 g/mol. The van der Waals surface area contributed by atoms with E-state index in [9.17, 15) is 4.79 Å². The number of aromatic nitrogens is 1. The summed E-state index contributed by atoms with van der Waals surface area (Å²) in [5.74, 6) is 0. The molecule has 2 heteroatoms. The van der Waals surface area contributed by atoms with Crippen LogP contribution in [-0.2, 0) is 11.2 Å². The van der Waals surface area contributed by atoms with E-state index in [1.807, 2.05) is 37.3 Å². The first kappa shape index (κ1) is 9.71. The molecule has 0 radical (unpaired) electrons. The van der Waals surface area contributed by atoms with Crippen LogP contribution in [0.1, 0.15) is 12.6 Å². The van der Waals surface area contributed by atoms with Crippen molar-refractivity contribution < 1.29 is 4.79 Å². The molecule has 1 aromatic carbocycles. The van der Waals surface area contributed by atoms with Crippen molar-refractivity contribution in [1.82, 2.24) is 4.57 Å². The molecule has 0 spiro atoms. The van der Waals surface area contributed by atoms with Crippen LogP contribution in [0.3, 0.4) is 0 Å². The van der Waals surface area contributed by atoms with Crippen LogP contribution in [0.25, 0.3) is 10.9 Å². The third-order valence-electron chi connectivity index (χ3n) is 2.42. The van der Waals surface area contributed by atoms with Gasteiger partial charge in [0.05, 0.1) is 5.52 Å². The lowest BCUT2D eigenvalue weighted by Gasteiger charge is -2.01. The quantitative estimate of drug-likeness (QED) is 0.550. The Morgan fingerprint density at radius 2 is 2.20 bits per heavy atom. The molecule has 1 heterocycles. The summed E-state index contributed by atoms with van der Waals surface area (Å²) in [5.41, 5.74) is 3.02. The molecule has 0 aliphatic heterocycles. The van der Waals surface area contributed by atoms with Gasteiger partial charge >= 0.3 is 0 Å². The van der Waals surface area contributed by atoms with Gasteiger partial charge in [-0.1, -0.05) is 30.4 Å². The van der Waals surface area contributed by atoms with Crippen molar-refractivity contribution in [3.8, 4) is 0 Å². The highest BCUT2D eigenvalue weighted by atomic mass is 16.1. The Kier molecular flexibility index (Phi) is 2.42. The number of hydrogen-bond acceptors (Lipinski definition) is 1. The monoisotopic (exact) mass is 199 g/mol. The lowest BCUT2D eigenvalue weighted by Crippen LogP contribution is -2.00. The zero-order valence-electron chi connectivity index (χ0n) is 8.73. The third-order valence-corrected chi connectivity index (χ3v) is 2.42.